The van der Waals surface area contributed by atoms with Crippen LogP contribution in [0.1, 0.15) is 37.3 Å². The van der Waals surface area contributed by atoms with E-state index in [4.69, 9.17) is 17.0 Å². The Kier molecular flexibility index (Phi) is 3.76. The number of H-pyrrole nitrogens is 1. The first kappa shape index (κ1) is 13.0. The number of nitrogens with one attached hydrogen (secondary N) is 1. The van der Waals surface area contributed by atoms with Crippen molar-refractivity contribution in [3.05, 3.63) is 16.0 Å². The first-order valence-electron chi connectivity index (χ1n) is 6.52. The van der Waals surface area contributed by atoms with Crippen LogP contribution < -0.4 is 0 Å². The molecule has 1 saturated heterocycles. The van der Waals surface area contributed by atoms with E-state index < -0.39 is 0 Å². The van der Waals surface area contributed by atoms with Gasteiger partial charge in [-0.2, -0.15) is 5.10 Å². The average Bonchev–Trinajstić information content (AvgIpc) is 3.10. The van der Waals surface area contributed by atoms with Gasteiger partial charge in [-0.3, -0.25) is 9.67 Å². The van der Waals surface area contributed by atoms with Crippen LogP contribution in [0, 0.1) is 4.77 Å². The van der Waals surface area contributed by atoms with E-state index >= 15 is 0 Å². The fourth-order valence-electron chi connectivity index (χ4n) is 2.25. The van der Waals surface area contributed by atoms with Gasteiger partial charge in [0.15, 0.2) is 10.6 Å². The normalized spacial score (nSPS) is 19.1. The van der Waals surface area contributed by atoms with E-state index in [-0.39, 0.29) is 6.10 Å². The highest BCUT2D eigenvalue weighted by atomic mass is 32.1. The summed E-state index contributed by atoms with van der Waals surface area (Å²) in [5.74, 6) is 0.883. The first-order chi connectivity index (χ1) is 9.29. The van der Waals surface area contributed by atoms with E-state index in [1.807, 2.05) is 10.8 Å². The summed E-state index contributed by atoms with van der Waals surface area (Å²) in [6.45, 7) is 3.84. The molecule has 0 radical (unpaired) electrons. The van der Waals surface area contributed by atoms with Crippen LogP contribution >= 0.6 is 23.6 Å². The number of aromatic nitrogens is 4. The molecule has 2 aromatic rings. The van der Waals surface area contributed by atoms with Crippen LogP contribution in [-0.4, -0.2) is 26.4 Å². The molecule has 0 amide bonds. The fraction of sp³-hybridized carbons (Fsp3) is 0.583. The molecule has 3 rings (SSSR count). The van der Waals surface area contributed by atoms with Crippen LogP contribution in [-0.2, 0) is 11.3 Å². The standard InChI is InChI=1S/C12H16N4OS2/c1-2-5-16-10(14-15-12(16)18)9-7-13-11(19-9)8-4-3-6-17-8/h7-8H,2-6H2,1H3,(H,15,18). The minimum absolute atomic E-state index is 0.167. The zero-order valence-corrected chi connectivity index (χ0v) is 12.4. The highest BCUT2D eigenvalue weighted by Gasteiger charge is 2.22. The topological polar surface area (TPSA) is 55.7 Å². The van der Waals surface area contributed by atoms with Gasteiger partial charge in [0, 0.05) is 19.3 Å². The van der Waals surface area contributed by atoms with Crippen molar-refractivity contribution in [3.63, 3.8) is 0 Å². The molecule has 1 unspecified atom stereocenters. The highest BCUT2D eigenvalue weighted by Crippen LogP contribution is 2.34. The van der Waals surface area contributed by atoms with Crippen molar-refractivity contribution in [1.82, 2.24) is 19.7 Å². The Morgan fingerprint density at radius 2 is 2.53 bits per heavy atom. The van der Waals surface area contributed by atoms with Gasteiger partial charge in [-0.15, -0.1) is 11.3 Å². The molecule has 19 heavy (non-hydrogen) atoms. The average molecular weight is 296 g/mol. The summed E-state index contributed by atoms with van der Waals surface area (Å²) < 4.78 is 8.36. The zero-order chi connectivity index (χ0) is 13.2. The minimum atomic E-state index is 0.167. The van der Waals surface area contributed by atoms with Crippen molar-refractivity contribution in [3.8, 4) is 10.7 Å². The van der Waals surface area contributed by atoms with Gasteiger partial charge in [-0.25, -0.2) is 4.98 Å². The second-order valence-electron chi connectivity index (χ2n) is 4.57. The van der Waals surface area contributed by atoms with E-state index in [1.54, 1.807) is 11.3 Å². The van der Waals surface area contributed by atoms with E-state index in [2.05, 4.69) is 22.1 Å². The van der Waals surface area contributed by atoms with Gasteiger partial charge in [0.2, 0.25) is 0 Å². The Hall–Kier alpha value is -1.05. The number of thiazole rings is 1. The molecule has 3 heterocycles. The van der Waals surface area contributed by atoms with Crippen LogP contribution in [0.3, 0.4) is 0 Å². The Morgan fingerprint density at radius 3 is 3.26 bits per heavy atom. The van der Waals surface area contributed by atoms with E-state index in [0.29, 0.717) is 4.77 Å². The molecule has 0 bridgehead atoms. The van der Waals surface area contributed by atoms with Crippen molar-refractivity contribution in [2.45, 2.75) is 38.8 Å². The molecule has 7 heteroatoms. The predicted molar refractivity (Wildman–Crippen MR) is 76.7 cm³/mol. The lowest BCUT2D eigenvalue weighted by Gasteiger charge is -2.04. The summed E-state index contributed by atoms with van der Waals surface area (Å²) in [7, 11) is 0. The zero-order valence-electron chi connectivity index (χ0n) is 10.8. The van der Waals surface area contributed by atoms with Gasteiger partial charge < -0.3 is 4.74 Å². The van der Waals surface area contributed by atoms with Crippen molar-refractivity contribution in [2.24, 2.45) is 0 Å². The SMILES string of the molecule is CCCn1c(-c2cnc(C3CCCO3)s2)n[nH]c1=S. The summed E-state index contributed by atoms with van der Waals surface area (Å²) in [4.78, 5) is 5.52. The molecular formula is C12H16N4OS2. The Labute approximate surface area is 120 Å². The lowest BCUT2D eigenvalue weighted by Crippen LogP contribution is -1.98. The number of hydrogen-bond donors (Lipinski definition) is 1. The van der Waals surface area contributed by atoms with Gasteiger partial charge >= 0.3 is 0 Å². The summed E-state index contributed by atoms with van der Waals surface area (Å²) >= 11 is 6.91. The second-order valence-corrected chi connectivity index (χ2v) is 6.02. The Balaban J connectivity index is 1.92. The molecule has 1 aliphatic rings. The van der Waals surface area contributed by atoms with Crippen molar-refractivity contribution in [1.29, 1.82) is 0 Å². The number of ether oxygens (including phenoxy) is 1. The highest BCUT2D eigenvalue weighted by molar-refractivity contribution is 7.71. The summed E-state index contributed by atoms with van der Waals surface area (Å²) in [6, 6.07) is 0. The molecule has 5 nitrogen and oxygen atoms in total. The van der Waals surface area contributed by atoms with Gasteiger partial charge in [0.25, 0.3) is 0 Å². The molecule has 1 atom stereocenters. The second kappa shape index (κ2) is 5.52. The number of nitrogens with zero attached hydrogens (tertiary/aromatic N) is 3. The maximum Gasteiger partial charge on any atom is 0.195 e. The molecule has 0 saturated carbocycles. The number of aromatic amines is 1. The van der Waals surface area contributed by atoms with Crippen LogP contribution in [0.5, 0.6) is 0 Å². The van der Waals surface area contributed by atoms with Crippen LogP contribution in [0.2, 0.25) is 0 Å². The Morgan fingerprint density at radius 1 is 1.63 bits per heavy atom. The largest absolute Gasteiger partial charge is 0.371 e. The molecule has 102 valence electrons. The van der Waals surface area contributed by atoms with Crippen LogP contribution in [0.25, 0.3) is 10.7 Å². The molecule has 1 aliphatic heterocycles. The summed E-state index contributed by atoms with van der Waals surface area (Å²) in [6.07, 6.45) is 5.25. The lowest BCUT2D eigenvalue weighted by molar-refractivity contribution is 0.111. The smallest absolute Gasteiger partial charge is 0.195 e. The van der Waals surface area contributed by atoms with E-state index in [1.165, 1.54) is 0 Å². The van der Waals surface area contributed by atoms with Crippen LogP contribution in [0.15, 0.2) is 6.20 Å². The maximum absolute atomic E-state index is 5.66. The van der Waals surface area contributed by atoms with Crippen LogP contribution in [0.4, 0.5) is 0 Å². The van der Waals surface area contributed by atoms with Gasteiger partial charge in [0.1, 0.15) is 11.1 Å². The molecular weight excluding hydrogens is 280 g/mol. The Bertz CT molecular complexity index is 609. The van der Waals surface area contributed by atoms with Crippen molar-refractivity contribution in [2.75, 3.05) is 6.61 Å². The van der Waals surface area contributed by atoms with Gasteiger partial charge in [-0.05, 0) is 31.5 Å². The molecule has 1 fully saturated rings. The van der Waals surface area contributed by atoms with Crippen molar-refractivity contribution < 1.29 is 4.74 Å². The quantitative estimate of drug-likeness (QED) is 0.879. The van der Waals surface area contributed by atoms with Crippen molar-refractivity contribution >= 4 is 23.6 Å². The molecule has 0 aliphatic carbocycles. The third kappa shape index (κ3) is 2.50. The molecule has 2 aromatic heterocycles. The van der Waals surface area contributed by atoms with E-state index in [9.17, 15) is 0 Å². The maximum atomic E-state index is 5.66. The molecule has 0 spiro atoms. The lowest BCUT2D eigenvalue weighted by atomic mass is 10.2. The summed E-state index contributed by atoms with van der Waals surface area (Å²) in [5.41, 5.74) is 0. The fourth-order valence-corrected chi connectivity index (χ4v) is 3.47. The third-order valence-corrected chi connectivity index (χ3v) is 4.55. The number of rotatable bonds is 4. The molecule has 0 aromatic carbocycles. The minimum Gasteiger partial charge on any atom is -0.371 e. The number of hydrogen-bond acceptors (Lipinski definition) is 5. The van der Waals surface area contributed by atoms with E-state index in [0.717, 1.165) is 48.1 Å². The first-order valence-corrected chi connectivity index (χ1v) is 7.75. The van der Waals surface area contributed by atoms with Gasteiger partial charge in [-0.1, -0.05) is 6.92 Å². The summed E-state index contributed by atoms with van der Waals surface area (Å²) in [5, 5.41) is 8.23. The third-order valence-electron chi connectivity index (χ3n) is 3.15. The van der Waals surface area contributed by atoms with Gasteiger partial charge in [0.05, 0.1) is 4.88 Å². The molecule has 1 N–H and O–H groups in total. The monoisotopic (exact) mass is 296 g/mol. The predicted octanol–water partition coefficient (Wildman–Crippen LogP) is 3.33.